The molecule has 3 aromatic rings. The van der Waals surface area contributed by atoms with E-state index in [4.69, 9.17) is 23.2 Å². The van der Waals surface area contributed by atoms with E-state index < -0.39 is 28.4 Å². The number of hydrogen-bond donors (Lipinski definition) is 0. The van der Waals surface area contributed by atoms with E-state index in [1.165, 1.54) is 48.5 Å². The Morgan fingerprint density at radius 2 is 0.960 bits per heavy atom. The van der Waals surface area contributed by atoms with Crippen molar-refractivity contribution in [2.75, 3.05) is 0 Å². The molecule has 0 saturated carbocycles. The van der Waals surface area contributed by atoms with Gasteiger partial charge in [-0.25, -0.2) is 16.8 Å². The molecule has 130 valence electrons. The second kappa shape index (κ2) is 6.65. The highest BCUT2D eigenvalue weighted by Gasteiger charge is 2.28. The highest BCUT2D eigenvalue weighted by Crippen LogP contribution is 2.30. The minimum absolute atomic E-state index is 0.0523. The predicted octanol–water partition coefficient (Wildman–Crippen LogP) is 3.51. The quantitative estimate of drug-likeness (QED) is 0.623. The van der Waals surface area contributed by atoms with Gasteiger partial charge in [-0.05, 0) is 48.5 Å². The lowest BCUT2D eigenvalue weighted by Gasteiger charge is -2.00. The lowest BCUT2D eigenvalue weighted by atomic mass is 10.4. The van der Waals surface area contributed by atoms with Gasteiger partial charge in [0.25, 0.3) is 0 Å². The average molecular weight is 435 g/mol. The molecule has 1 heterocycles. The molecule has 0 fully saturated rings. The van der Waals surface area contributed by atoms with Crippen molar-refractivity contribution in [3.05, 3.63) is 58.6 Å². The van der Waals surface area contributed by atoms with Crippen LogP contribution in [0.1, 0.15) is 0 Å². The van der Waals surface area contributed by atoms with Gasteiger partial charge < -0.3 is 0 Å². The van der Waals surface area contributed by atoms with Crippen molar-refractivity contribution in [1.29, 1.82) is 0 Å². The van der Waals surface area contributed by atoms with Crippen LogP contribution in [-0.4, -0.2) is 27.0 Å². The van der Waals surface area contributed by atoms with E-state index >= 15 is 0 Å². The fraction of sp³-hybridized carbons (Fsp3) is 0. The summed E-state index contributed by atoms with van der Waals surface area (Å²) in [6, 6.07) is 10.9. The van der Waals surface area contributed by atoms with E-state index in [1.54, 1.807) is 0 Å². The molecule has 0 atom stereocenters. The van der Waals surface area contributed by atoms with Crippen LogP contribution in [0.2, 0.25) is 10.0 Å². The Balaban J connectivity index is 2.02. The fourth-order valence-corrected chi connectivity index (χ4v) is 6.18. The summed E-state index contributed by atoms with van der Waals surface area (Å²) in [5.74, 6) is 0. The maximum Gasteiger partial charge on any atom is 0.238 e. The van der Waals surface area contributed by atoms with Crippen molar-refractivity contribution >= 4 is 54.2 Å². The third-order valence-corrected chi connectivity index (χ3v) is 8.80. The third-order valence-electron chi connectivity index (χ3n) is 3.10. The van der Waals surface area contributed by atoms with Crippen molar-refractivity contribution in [2.24, 2.45) is 0 Å². The number of aromatic nitrogens is 2. The van der Waals surface area contributed by atoms with E-state index in [2.05, 4.69) is 10.2 Å². The summed E-state index contributed by atoms with van der Waals surface area (Å²) in [7, 11) is -7.97. The Morgan fingerprint density at radius 1 is 0.640 bits per heavy atom. The van der Waals surface area contributed by atoms with Crippen LogP contribution in [0, 0.1) is 0 Å². The van der Waals surface area contributed by atoms with Crippen LogP contribution in [0.4, 0.5) is 0 Å². The van der Waals surface area contributed by atoms with Gasteiger partial charge in [0.15, 0.2) is 0 Å². The normalized spacial score (nSPS) is 12.2. The molecule has 3 rings (SSSR count). The highest BCUT2D eigenvalue weighted by molar-refractivity contribution is 7.95. The summed E-state index contributed by atoms with van der Waals surface area (Å²) in [4.78, 5) is -0.105. The molecule has 0 N–H and O–H groups in total. The first-order chi connectivity index (χ1) is 11.7. The second-order valence-electron chi connectivity index (χ2n) is 4.75. The first-order valence-corrected chi connectivity index (χ1v) is 11.1. The zero-order valence-electron chi connectivity index (χ0n) is 12.1. The molecule has 0 aliphatic heterocycles. The Hall–Kier alpha value is -1.52. The van der Waals surface area contributed by atoms with Crippen LogP contribution in [0.3, 0.4) is 0 Å². The Bertz CT molecular complexity index is 1030. The summed E-state index contributed by atoms with van der Waals surface area (Å²) < 4.78 is 49.2. The second-order valence-corrected chi connectivity index (χ2v) is 10.8. The summed E-state index contributed by atoms with van der Waals surface area (Å²) in [5.41, 5.74) is 0. The van der Waals surface area contributed by atoms with Crippen LogP contribution in [0.15, 0.2) is 67.0 Å². The van der Waals surface area contributed by atoms with E-state index in [1.807, 2.05) is 0 Å². The van der Waals surface area contributed by atoms with Crippen LogP contribution in [-0.2, 0) is 19.7 Å². The summed E-state index contributed by atoms with van der Waals surface area (Å²) in [6.45, 7) is 0. The minimum Gasteiger partial charge on any atom is -0.216 e. The summed E-state index contributed by atoms with van der Waals surface area (Å²) >= 11 is 12.0. The van der Waals surface area contributed by atoms with Gasteiger partial charge in [0, 0.05) is 10.0 Å². The Kier molecular flexibility index (Phi) is 4.86. The van der Waals surface area contributed by atoms with Crippen LogP contribution >= 0.6 is 34.5 Å². The van der Waals surface area contributed by atoms with Gasteiger partial charge in [-0.15, -0.1) is 10.2 Å². The zero-order valence-corrected chi connectivity index (χ0v) is 16.1. The maximum absolute atomic E-state index is 12.5. The number of nitrogens with zero attached hydrogens (tertiary/aromatic N) is 2. The van der Waals surface area contributed by atoms with Gasteiger partial charge >= 0.3 is 0 Å². The number of rotatable bonds is 4. The van der Waals surface area contributed by atoms with Crippen molar-refractivity contribution in [2.45, 2.75) is 18.5 Å². The summed E-state index contributed by atoms with van der Waals surface area (Å²) in [5, 5.41) is 7.83. The molecule has 2 aromatic carbocycles. The van der Waals surface area contributed by atoms with Crippen LogP contribution < -0.4 is 0 Å². The van der Waals surface area contributed by atoms with Gasteiger partial charge in [0.2, 0.25) is 28.4 Å². The van der Waals surface area contributed by atoms with E-state index in [9.17, 15) is 16.8 Å². The lowest BCUT2D eigenvalue weighted by molar-refractivity contribution is 0.589. The molecular formula is C14H8Cl2N2O4S3. The maximum atomic E-state index is 12.5. The lowest BCUT2D eigenvalue weighted by Crippen LogP contribution is -2.01. The molecule has 0 unspecified atom stereocenters. The van der Waals surface area contributed by atoms with Crippen molar-refractivity contribution in [3.8, 4) is 0 Å². The number of hydrogen-bond acceptors (Lipinski definition) is 7. The fourth-order valence-electron chi connectivity index (χ4n) is 1.84. The minimum atomic E-state index is -3.98. The smallest absolute Gasteiger partial charge is 0.216 e. The van der Waals surface area contributed by atoms with Crippen molar-refractivity contribution < 1.29 is 16.8 Å². The molecule has 6 nitrogen and oxygen atoms in total. The predicted molar refractivity (Wildman–Crippen MR) is 93.7 cm³/mol. The molecular weight excluding hydrogens is 427 g/mol. The van der Waals surface area contributed by atoms with Gasteiger partial charge in [0.1, 0.15) is 0 Å². The highest BCUT2D eigenvalue weighted by atomic mass is 35.5. The molecule has 1 aromatic heterocycles. The Labute approximate surface area is 157 Å². The van der Waals surface area contributed by atoms with Gasteiger partial charge in [0.05, 0.1) is 9.79 Å². The summed E-state index contributed by atoms with van der Waals surface area (Å²) in [6.07, 6.45) is 0. The van der Waals surface area contributed by atoms with E-state index in [0.29, 0.717) is 21.4 Å². The molecule has 0 spiro atoms. The molecule has 0 bridgehead atoms. The number of sulfone groups is 2. The SMILES string of the molecule is O=S(=O)(c1ccc(Cl)cc1)c1nnc(S(=O)(=O)c2ccc(Cl)cc2)s1. The molecule has 0 amide bonds. The number of benzene rings is 2. The van der Waals surface area contributed by atoms with Crippen LogP contribution in [0.5, 0.6) is 0 Å². The van der Waals surface area contributed by atoms with E-state index in [-0.39, 0.29) is 9.79 Å². The van der Waals surface area contributed by atoms with Crippen LogP contribution in [0.25, 0.3) is 0 Å². The Morgan fingerprint density at radius 3 is 1.28 bits per heavy atom. The molecule has 0 aliphatic carbocycles. The third kappa shape index (κ3) is 3.56. The monoisotopic (exact) mass is 434 g/mol. The molecule has 25 heavy (non-hydrogen) atoms. The first-order valence-electron chi connectivity index (χ1n) is 6.56. The standard InChI is InChI=1S/C14H8Cl2N2O4S3/c15-9-1-5-11(6-2-9)24(19,20)13-17-18-14(23-13)25(21,22)12-7-3-10(16)4-8-12/h1-8H. The average Bonchev–Trinajstić information content (AvgIpc) is 3.07. The first kappa shape index (κ1) is 18.3. The zero-order chi connectivity index (χ0) is 18.2. The molecule has 0 radical (unpaired) electrons. The number of halogens is 2. The molecule has 11 heteroatoms. The van der Waals surface area contributed by atoms with E-state index in [0.717, 1.165) is 0 Å². The van der Waals surface area contributed by atoms with Crippen molar-refractivity contribution in [1.82, 2.24) is 10.2 Å². The van der Waals surface area contributed by atoms with Crippen molar-refractivity contribution in [3.63, 3.8) is 0 Å². The largest absolute Gasteiger partial charge is 0.238 e. The molecule has 0 saturated heterocycles. The van der Waals surface area contributed by atoms with Gasteiger partial charge in [-0.3, -0.25) is 0 Å². The molecule has 0 aliphatic rings. The topological polar surface area (TPSA) is 94.1 Å². The van der Waals surface area contributed by atoms with Gasteiger partial charge in [-0.2, -0.15) is 0 Å². The van der Waals surface area contributed by atoms with Gasteiger partial charge in [-0.1, -0.05) is 34.5 Å².